The summed E-state index contributed by atoms with van der Waals surface area (Å²) in [6.07, 6.45) is 5.48. The minimum atomic E-state index is -0.415. The van der Waals surface area contributed by atoms with E-state index in [0.717, 1.165) is 30.6 Å². The molecule has 0 amide bonds. The molecule has 106 valence electrons. The molecule has 0 radical (unpaired) electrons. The van der Waals surface area contributed by atoms with Gasteiger partial charge in [-0.25, -0.2) is 4.98 Å². The molecule has 0 bridgehead atoms. The second-order valence-electron chi connectivity index (χ2n) is 4.70. The summed E-state index contributed by atoms with van der Waals surface area (Å²) in [6.45, 7) is 2.12. The highest BCUT2D eigenvalue weighted by Gasteiger charge is 2.08. The van der Waals surface area contributed by atoms with Gasteiger partial charge < -0.3 is 4.74 Å². The standard InChI is InChI=1S/C16H19FN2O/c1-3-4-5-6-13-11-18-16(19-15(13)17)12-7-9-14(20-2)10-8-12/h7-11H,3-6H2,1-2H3. The van der Waals surface area contributed by atoms with Crippen molar-refractivity contribution in [3.63, 3.8) is 0 Å². The van der Waals surface area contributed by atoms with E-state index in [4.69, 9.17) is 4.74 Å². The summed E-state index contributed by atoms with van der Waals surface area (Å²) in [5, 5.41) is 0. The van der Waals surface area contributed by atoms with Gasteiger partial charge in [0.15, 0.2) is 5.82 Å². The summed E-state index contributed by atoms with van der Waals surface area (Å²) in [5.41, 5.74) is 1.38. The Balaban J connectivity index is 2.14. The van der Waals surface area contributed by atoms with Crippen LogP contribution in [0, 0.1) is 5.95 Å². The fraction of sp³-hybridized carbons (Fsp3) is 0.375. The maximum atomic E-state index is 13.9. The van der Waals surface area contributed by atoms with Crippen LogP contribution in [-0.4, -0.2) is 17.1 Å². The smallest absolute Gasteiger partial charge is 0.219 e. The minimum absolute atomic E-state index is 0.407. The van der Waals surface area contributed by atoms with Crippen molar-refractivity contribution in [3.8, 4) is 17.1 Å². The van der Waals surface area contributed by atoms with Gasteiger partial charge in [-0.1, -0.05) is 19.8 Å². The van der Waals surface area contributed by atoms with Crippen molar-refractivity contribution in [1.82, 2.24) is 9.97 Å². The molecule has 2 aromatic rings. The van der Waals surface area contributed by atoms with Crippen LogP contribution in [0.3, 0.4) is 0 Å². The largest absolute Gasteiger partial charge is 0.497 e. The Hall–Kier alpha value is -1.97. The first kappa shape index (κ1) is 14.4. The average molecular weight is 274 g/mol. The zero-order valence-corrected chi connectivity index (χ0v) is 11.9. The molecule has 1 heterocycles. The molecule has 0 unspecified atom stereocenters. The molecule has 0 spiro atoms. The van der Waals surface area contributed by atoms with Crippen LogP contribution in [0.4, 0.5) is 4.39 Å². The topological polar surface area (TPSA) is 35.0 Å². The van der Waals surface area contributed by atoms with Crippen LogP contribution < -0.4 is 4.74 Å². The summed E-state index contributed by atoms with van der Waals surface area (Å²) in [6, 6.07) is 7.27. The van der Waals surface area contributed by atoms with E-state index in [1.807, 2.05) is 24.3 Å². The maximum Gasteiger partial charge on any atom is 0.219 e. The predicted molar refractivity (Wildman–Crippen MR) is 77.2 cm³/mol. The molecule has 3 nitrogen and oxygen atoms in total. The number of hydrogen-bond acceptors (Lipinski definition) is 3. The fourth-order valence-corrected chi connectivity index (χ4v) is 2.00. The lowest BCUT2D eigenvalue weighted by molar-refractivity contribution is 0.415. The molecule has 0 aliphatic heterocycles. The molecule has 0 saturated heterocycles. The van der Waals surface area contributed by atoms with Gasteiger partial charge in [0.05, 0.1) is 7.11 Å². The van der Waals surface area contributed by atoms with Crippen molar-refractivity contribution in [2.45, 2.75) is 32.6 Å². The maximum absolute atomic E-state index is 13.9. The molecule has 0 atom stereocenters. The fourth-order valence-electron chi connectivity index (χ4n) is 2.00. The van der Waals surface area contributed by atoms with Gasteiger partial charge in [0.25, 0.3) is 0 Å². The molecular formula is C16H19FN2O. The molecule has 1 aromatic heterocycles. The van der Waals surface area contributed by atoms with Gasteiger partial charge in [-0.2, -0.15) is 9.37 Å². The van der Waals surface area contributed by atoms with E-state index in [1.54, 1.807) is 13.3 Å². The quantitative estimate of drug-likeness (QED) is 0.589. The Labute approximate surface area is 118 Å². The van der Waals surface area contributed by atoms with E-state index >= 15 is 0 Å². The predicted octanol–water partition coefficient (Wildman–Crippen LogP) is 4.02. The van der Waals surface area contributed by atoms with Gasteiger partial charge in [0, 0.05) is 17.3 Å². The third-order valence-electron chi connectivity index (χ3n) is 3.21. The number of rotatable bonds is 6. The van der Waals surface area contributed by atoms with Crippen LogP contribution in [0.15, 0.2) is 30.5 Å². The zero-order valence-electron chi connectivity index (χ0n) is 11.9. The number of halogens is 1. The highest BCUT2D eigenvalue weighted by molar-refractivity contribution is 5.56. The monoisotopic (exact) mass is 274 g/mol. The Morgan fingerprint density at radius 3 is 2.50 bits per heavy atom. The molecule has 1 aromatic carbocycles. The third kappa shape index (κ3) is 3.53. The lowest BCUT2D eigenvalue weighted by Crippen LogP contribution is -1.99. The molecular weight excluding hydrogens is 255 g/mol. The van der Waals surface area contributed by atoms with Gasteiger partial charge in [0.1, 0.15) is 5.75 Å². The van der Waals surface area contributed by atoms with Crippen LogP contribution in [-0.2, 0) is 6.42 Å². The van der Waals surface area contributed by atoms with Crippen molar-refractivity contribution < 1.29 is 9.13 Å². The molecule has 0 aliphatic carbocycles. The van der Waals surface area contributed by atoms with Crippen LogP contribution in [0.25, 0.3) is 11.4 Å². The van der Waals surface area contributed by atoms with Gasteiger partial charge in [-0.15, -0.1) is 0 Å². The van der Waals surface area contributed by atoms with E-state index in [0.29, 0.717) is 17.8 Å². The van der Waals surface area contributed by atoms with Gasteiger partial charge in [-0.3, -0.25) is 0 Å². The highest BCUT2D eigenvalue weighted by Crippen LogP contribution is 2.20. The Morgan fingerprint density at radius 2 is 1.90 bits per heavy atom. The molecule has 0 fully saturated rings. The first-order valence-corrected chi connectivity index (χ1v) is 6.90. The normalized spacial score (nSPS) is 10.6. The first-order valence-electron chi connectivity index (χ1n) is 6.90. The molecule has 20 heavy (non-hydrogen) atoms. The Kier molecular flexibility index (Phi) is 5.04. The van der Waals surface area contributed by atoms with Crippen LogP contribution >= 0.6 is 0 Å². The minimum Gasteiger partial charge on any atom is -0.497 e. The zero-order chi connectivity index (χ0) is 14.4. The van der Waals surface area contributed by atoms with Crippen molar-refractivity contribution in [3.05, 3.63) is 42.0 Å². The second kappa shape index (κ2) is 6.98. The molecule has 4 heteroatoms. The molecule has 2 rings (SSSR count). The van der Waals surface area contributed by atoms with Crippen LogP contribution in [0.1, 0.15) is 31.7 Å². The number of aromatic nitrogens is 2. The molecule has 0 aliphatic rings. The summed E-state index contributed by atoms with van der Waals surface area (Å²) in [5.74, 6) is 0.747. The lowest BCUT2D eigenvalue weighted by atomic mass is 10.1. The summed E-state index contributed by atoms with van der Waals surface area (Å²) >= 11 is 0. The van der Waals surface area contributed by atoms with Crippen molar-refractivity contribution in [2.75, 3.05) is 7.11 Å². The van der Waals surface area contributed by atoms with Crippen molar-refractivity contribution in [2.24, 2.45) is 0 Å². The Morgan fingerprint density at radius 1 is 1.15 bits per heavy atom. The number of aryl methyl sites for hydroxylation is 1. The van der Waals surface area contributed by atoms with E-state index in [2.05, 4.69) is 16.9 Å². The number of unbranched alkanes of at least 4 members (excludes halogenated alkanes) is 2. The SMILES string of the molecule is CCCCCc1cnc(-c2ccc(OC)cc2)nc1F. The summed E-state index contributed by atoms with van der Waals surface area (Å²) in [4.78, 5) is 8.21. The van der Waals surface area contributed by atoms with Crippen LogP contribution in [0.5, 0.6) is 5.75 Å². The van der Waals surface area contributed by atoms with Crippen LogP contribution in [0.2, 0.25) is 0 Å². The average Bonchev–Trinajstić information content (AvgIpc) is 2.49. The number of methoxy groups -OCH3 is 1. The second-order valence-corrected chi connectivity index (χ2v) is 4.70. The van der Waals surface area contributed by atoms with E-state index in [9.17, 15) is 4.39 Å². The highest BCUT2D eigenvalue weighted by atomic mass is 19.1. The number of hydrogen-bond donors (Lipinski definition) is 0. The molecule has 0 saturated carbocycles. The van der Waals surface area contributed by atoms with E-state index in [1.165, 1.54) is 0 Å². The number of nitrogens with zero attached hydrogens (tertiary/aromatic N) is 2. The van der Waals surface area contributed by atoms with E-state index < -0.39 is 5.95 Å². The third-order valence-corrected chi connectivity index (χ3v) is 3.21. The lowest BCUT2D eigenvalue weighted by Gasteiger charge is -2.05. The van der Waals surface area contributed by atoms with Gasteiger partial charge in [0.2, 0.25) is 5.95 Å². The first-order chi connectivity index (χ1) is 9.74. The number of ether oxygens (including phenoxy) is 1. The van der Waals surface area contributed by atoms with Gasteiger partial charge in [-0.05, 0) is 37.1 Å². The van der Waals surface area contributed by atoms with Crippen molar-refractivity contribution >= 4 is 0 Å². The molecule has 0 N–H and O–H groups in total. The summed E-state index contributed by atoms with van der Waals surface area (Å²) < 4.78 is 19.0. The van der Waals surface area contributed by atoms with Gasteiger partial charge >= 0.3 is 0 Å². The summed E-state index contributed by atoms with van der Waals surface area (Å²) in [7, 11) is 1.61. The Bertz CT molecular complexity index is 555. The van der Waals surface area contributed by atoms with E-state index in [-0.39, 0.29) is 0 Å². The van der Waals surface area contributed by atoms with Crippen molar-refractivity contribution in [1.29, 1.82) is 0 Å². The number of benzene rings is 1.